The second-order valence-electron chi connectivity index (χ2n) is 8.12. The van der Waals surface area contributed by atoms with Gasteiger partial charge in [-0.15, -0.1) is 0 Å². The van der Waals surface area contributed by atoms with Crippen LogP contribution in [0.2, 0.25) is 0 Å². The number of aliphatic carboxylic acids is 1. The van der Waals surface area contributed by atoms with Gasteiger partial charge < -0.3 is 15.3 Å². The van der Waals surface area contributed by atoms with E-state index in [1.807, 2.05) is 23.1 Å². The number of nitrogens with zero attached hydrogens (tertiary/aromatic N) is 2. The van der Waals surface area contributed by atoms with Gasteiger partial charge in [-0.25, -0.2) is 0 Å². The lowest BCUT2D eigenvalue weighted by Gasteiger charge is -2.32. The number of anilines is 2. The Labute approximate surface area is 164 Å². The van der Waals surface area contributed by atoms with Crippen LogP contribution in [0, 0.1) is 5.92 Å². The van der Waals surface area contributed by atoms with E-state index in [9.17, 15) is 19.5 Å². The monoisotopic (exact) mass is 385 g/mol. The molecule has 2 saturated heterocycles. The van der Waals surface area contributed by atoms with E-state index in [1.54, 1.807) is 11.0 Å². The van der Waals surface area contributed by atoms with Crippen LogP contribution in [0.3, 0.4) is 0 Å². The van der Waals surface area contributed by atoms with Crippen molar-refractivity contribution in [2.75, 3.05) is 23.3 Å². The largest absolute Gasteiger partial charge is 0.480 e. The first-order valence-corrected chi connectivity index (χ1v) is 10.2. The summed E-state index contributed by atoms with van der Waals surface area (Å²) in [6.45, 7) is 0.790. The van der Waals surface area contributed by atoms with E-state index in [0.717, 1.165) is 37.8 Å². The van der Waals surface area contributed by atoms with Crippen molar-refractivity contribution in [3.63, 3.8) is 0 Å². The first-order valence-electron chi connectivity index (χ1n) is 10.2. The van der Waals surface area contributed by atoms with Gasteiger partial charge in [-0.05, 0) is 49.8 Å². The lowest BCUT2D eigenvalue weighted by atomic mass is 9.85. The molecule has 2 aliphatic heterocycles. The Morgan fingerprint density at radius 1 is 1.18 bits per heavy atom. The van der Waals surface area contributed by atoms with Crippen LogP contribution in [-0.4, -0.2) is 53.0 Å². The number of carboxylic acid groups (broad SMARTS) is 1. The molecule has 3 unspecified atom stereocenters. The molecule has 0 aromatic heterocycles. The number of benzene rings is 1. The predicted molar refractivity (Wildman–Crippen MR) is 105 cm³/mol. The average Bonchev–Trinajstić information content (AvgIpc) is 3.26. The Morgan fingerprint density at radius 2 is 2.00 bits per heavy atom. The zero-order valence-corrected chi connectivity index (χ0v) is 16.0. The summed E-state index contributed by atoms with van der Waals surface area (Å²) in [5.74, 6) is -0.556. The fourth-order valence-corrected chi connectivity index (χ4v) is 5.06. The Kier molecular flexibility index (Phi) is 5.35. The van der Waals surface area contributed by atoms with Gasteiger partial charge in [-0.2, -0.15) is 0 Å². The fraction of sp³-hybridized carbons (Fsp3) is 0.571. The molecule has 3 aliphatic rings. The van der Waals surface area contributed by atoms with Gasteiger partial charge in [-0.1, -0.05) is 18.9 Å². The number of fused-ring (bicyclic) bond motifs is 1. The normalized spacial score (nSPS) is 27.6. The number of rotatable bonds is 5. The average molecular weight is 385 g/mol. The quantitative estimate of drug-likeness (QED) is 0.813. The topological polar surface area (TPSA) is 89.9 Å². The maximum atomic E-state index is 12.7. The highest BCUT2D eigenvalue weighted by Crippen LogP contribution is 2.39. The van der Waals surface area contributed by atoms with Crippen molar-refractivity contribution in [3.05, 3.63) is 24.3 Å². The molecule has 1 aliphatic carbocycles. The highest BCUT2D eigenvalue weighted by atomic mass is 16.4. The number of nitrogens with one attached hydrogen (secondary N) is 1. The molecule has 3 atom stereocenters. The van der Waals surface area contributed by atoms with Crippen molar-refractivity contribution in [1.29, 1.82) is 0 Å². The third-order valence-corrected chi connectivity index (χ3v) is 6.35. The molecule has 28 heavy (non-hydrogen) atoms. The number of carbonyl (C=O) groups is 3. The third-order valence-electron chi connectivity index (χ3n) is 6.35. The second-order valence-corrected chi connectivity index (χ2v) is 8.12. The Hall–Kier alpha value is -2.41. The van der Waals surface area contributed by atoms with E-state index >= 15 is 0 Å². The highest BCUT2D eigenvalue weighted by molar-refractivity contribution is 5.97. The van der Waals surface area contributed by atoms with Crippen molar-refractivity contribution in [2.45, 2.75) is 57.0 Å². The Morgan fingerprint density at radius 3 is 2.75 bits per heavy atom. The minimum Gasteiger partial charge on any atom is -0.480 e. The summed E-state index contributed by atoms with van der Waals surface area (Å²) in [6.07, 6.45) is 6.31. The molecule has 7 heteroatoms. The summed E-state index contributed by atoms with van der Waals surface area (Å²) >= 11 is 0. The van der Waals surface area contributed by atoms with Crippen LogP contribution in [-0.2, 0) is 14.4 Å². The summed E-state index contributed by atoms with van der Waals surface area (Å²) in [5, 5.41) is 12.5. The van der Waals surface area contributed by atoms with Crippen LogP contribution < -0.4 is 10.2 Å². The molecule has 4 rings (SSSR count). The Bertz CT molecular complexity index is 781. The van der Waals surface area contributed by atoms with E-state index < -0.39 is 12.0 Å². The lowest BCUT2D eigenvalue weighted by molar-refractivity contribution is -0.143. The molecular weight excluding hydrogens is 358 g/mol. The van der Waals surface area contributed by atoms with Gasteiger partial charge >= 0.3 is 5.97 Å². The van der Waals surface area contributed by atoms with Gasteiger partial charge in [0.15, 0.2) is 0 Å². The van der Waals surface area contributed by atoms with Crippen molar-refractivity contribution >= 4 is 29.2 Å². The van der Waals surface area contributed by atoms with E-state index in [1.165, 1.54) is 0 Å². The molecular formula is C21H27N3O4. The highest BCUT2D eigenvalue weighted by Gasteiger charge is 2.45. The van der Waals surface area contributed by atoms with Gasteiger partial charge in [0.2, 0.25) is 11.8 Å². The van der Waals surface area contributed by atoms with Crippen LogP contribution in [0.1, 0.15) is 44.9 Å². The molecule has 1 aromatic rings. The summed E-state index contributed by atoms with van der Waals surface area (Å²) < 4.78 is 0. The van der Waals surface area contributed by atoms with Gasteiger partial charge in [0.25, 0.3) is 0 Å². The fourth-order valence-electron chi connectivity index (χ4n) is 5.06. The zero-order valence-electron chi connectivity index (χ0n) is 16.0. The van der Waals surface area contributed by atoms with E-state index in [2.05, 4.69) is 5.32 Å². The Balaban J connectivity index is 1.43. The van der Waals surface area contributed by atoms with Crippen molar-refractivity contribution in [1.82, 2.24) is 4.90 Å². The second kappa shape index (κ2) is 7.91. The van der Waals surface area contributed by atoms with Crippen LogP contribution in [0.4, 0.5) is 11.4 Å². The molecule has 150 valence electrons. The van der Waals surface area contributed by atoms with Gasteiger partial charge in [0, 0.05) is 30.4 Å². The number of amides is 2. The third kappa shape index (κ3) is 3.76. The van der Waals surface area contributed by atoms with Crippen molar-refractivity contribution in [3.8, 4) is 0 Å². The van der Waals surface area contributed by atoms with Crippen LogP contribution >= 0.6 is 0 Å². The number of carboxylic acids is 1. The zero-order chi connectivity index (χ0) is 19.7. The SMILES string of the molecule is O=C(CN1C(C(=O)O)CC2CCCCC21)Nc1cccc(N2CCCC2=O)c1. The molecule has 2 amide bonds. The maximum Gasteiger partial charge on any atom is 0.320 e. The molecule has 0 bridgehead atoms. The standard InChI is InChI=1S/C21H27N3O4/c25-19(13-24-17-8-2-1-5-14(17)11-18(24)21(27)28)22-15-6-3-7-16(12-15)23-10-4-9-20(23)26/h3,6-7,12,14,17-18H,1-2,4-5,8-11,13H2,(H,22,25)(H,27,28). The van der Waals surface area contributed by atoms with Crippen LogP contribution in [0.15, 0.2) is 24.3 Å². The molecule has 2 heterocycles. The predicted octanol–water partition coefficient (Wildman–Crippen LogP) is 2.47. The van der Waals surface area contributed by atoms with E-state index in [0.29, 0.717) is 31.0 Å². The number of hydrogen-bond acceptors (Lipinski definition) is 4. The molecule has 1 saturated carbocycles. The summed E-state index contributed by atoms with van der Waals surface area (Å²) in [5.41, 5.74) is 1.42. The summed E-state index contributed by atoms with van der Waals surface area (Å²) in [7, 11) is 0. The molecule has 2 N–H and O–H groups in total. The number of likely N-dealkylation sites (tertiary alicyclic amines) is 1. The molecule has 0 radical (unpaired) electrons. The van der Waals surface area contributed by atoms with E-state index in [4.69, 9.17) is 0 Å². The smallest absolute Gasteiger partial charge is 0.320 e. The van der Waals surface area contributed by atoms with Crippen LogP contribution in [0.5, 0.6) is 0 Å². The van der Waals surface area contributed by atoms with Crippen molar-refractivity contribution < 1.29 is 19.5 Å². The first kappa shape index (κ1) is 18.9. The number of carbonyl (C=O) groups excluding carboxylic acids is 2. The van der Waals surface area contributed by atoms with Crippen molar-refractivity contribution in [2.24, 2.45) is 5.92 Å². The molecule has 1 aromatic carbocycles. The molecule has 7 nitrogen and oxygen atoms in total. The van der Waals surface area contributed by atoms with Gasteiger partial charge in [0.1, 0.15) is 6.04 Å². The van der Waals surface area contributed by atoms with Gasteiger partial charge in [-0.3, -0.25) is 19.3 Å². The molecule has 3 fully saturated rings. The summed E-state index contributed by atoms with van der Waals surface area (Å²) in [6, 6.07) is 6.91. The minimum absolute atomic E-state index is 0.0883. The van der Waals surface area contributed by atoms with E-state index in [-0.39, 0.29) is 24.4 Å². The molecule has 0 spiro atoms. The lowest BCUT2D eigenvalue weighted by Crippen LogP contribution is -2.46. The van der Waals surface area contributed by atoms with Gasteiger partial charge in [0.05, 0.1) is 6.54 Å². The first-order chi connectivity index (χ1) is 13.5. The maximum absolute atomic E-state index is 12.7. The summed E-state index contributed by atoms with van der Waals surface area (Å²) in [4.78, 5) is 40.0. The van der Waals surface area contributed by atoms with Crippen LogP contribution in [0.25, 0.3) is 0 Å². The minimum atomic E-state index is -0.836. The number of hydrogen-bond donors (Lipinski definition) is 2.